The van der Waals surface area contributed by atoms with Crippen LogP contribution in [0.25, 0.3) is 0 Å². The van der Waals surface area contributed by atoms with Gasteiger partial charge in [0.1, 0.15) is 0 Å². The first-order valence-electron chi connectivity index (χ1n) is 6.01. The van der Waals surface area contributed by atoms with Gasteiger partial charge in [0.2, 0.25) is 0 Å². The van der Waals surface area contributed by atoms with Crippen LogP contribution in [0.3, 0.4) is 0 Å². The summed E-state index contributed by atoms with van der Waals surface area (Å²) in [6.07, 6.45) is 3.55. The predicted octanol–water partition coefficient (Wildman–Crippen LogP) is 1.15. The van der Waals surface area contributed by atoms with Crippen LogP contribution in [0.15, 0.2) is 10.2 Å². The Balaban J connectivity index is 1.72. The third-order valence-electron chi connectivity index (χ3n) is 3.28. The molecule has 0 unspecified atom stereocenters. The summed E-state index contributed by atoms with van der Waals surface area (Å²) in [6.45, 7) is 2.77. The minimum absolute atomic E-state index is 0.274. The fourth-order valence-corrected chi connectivity index (χ4v) is 2.12. The summed E-state index contributed by atoms with van der Waals surface area (Å²) in [5.41, 5.74) is 0. The molecule has 0 aromatic rings. The van der Waals surface area contributed by atoms with E-state index in [1.807, 2.05) is 0 Å². The smallest absolute Gasteiger partial charge is 0.0734 e. The molecule has 6 heteroatoms. The van der Waals surface area contributed by atoms with Crippen molar-refractivity contribution in [1.29, 1.82) is 0 Å². The van der Waals surface area contributed by atoms with Crippen LogP contribution in [0.2, 0.25) is 0 Å². The third-order valence-corrected chi connectivity index (χ3v) is 3.28. The Morgan fingerprint density at radius 2 is 1.00 bits per heavy atom. The van der Waals surface area contributed by atoms with Gasteiger partial charge < -0.3 is 10.4 Å². The van der Waals surface area contributed by atoms with Gasteiger partial charge in [-0.15, -0.1) is 0 Å². The van der Waals surface area contributed by atoms with Crippen LogP contribution in [0.5, 0.6) is 0 Å². The first-order chi connectivity index (χ1) is 7.74. The molecule has 0 aromatic heterocycles. The Kier molecular flexibility index (Phi) is 4.22. The molecule has 2 saturated heterocycles. The number of rotatable bonds is 2. The van der Waals surface area contributed by atoms with Crippen LogP contribution in [-0.2, 0) is 0 Å². The molecule has 0 aromatic carbocycles. The summed E-state index contributed by atoms with van der Waals surface area (Å²) < 4.78 is 0. The summed E-state index contributed by atoms with van der Waals surface area (Å²) in [5.74, 6) is 0. The van der Waals surface area contributed by atoms with Crippen molar-refractivity contribution in [3.05, 3.63) is 0 Å². The number of nitrogens with zero attached hydrogens (tertiary/aromatic N) is 4. The van der Waals surface area contributed by atoms with E-state index in [9.17, 15) is 10.4 Å². The molecule has 2 aliphatic heterocycles. The summed E-state index contributed by atoms with van der Waals surface area (Å²) in [6, 6.07) is 0.547. The highest BCUT2D eigenvalue weighted by molar-refractivity contribution is 4.76. The number of hydrogen-bond donors (Lipinski definition) is 2. The SMILES string of the molecule is ON1CCC(N=NC2CCN(O)CC2)CC1. The Labute approximate surface area is 95.5 Å². The van der Waals surface area contributed by atoms with E-state index in [1.54, 1.807) is 0 Å². The van der Waals surface area contributed by atoms with Crippen LogP contribution in [0.1, 0.15) is 25.7 Å². The summed E-state index contributed by atoms with van der Waals surface area (Å²) in [4.78, 5) is 0. The Bertz CT molecular complexity index is 209. The molecule has 92 valence electrons. The van der Waals surface area contributed by atoms with Crippen molar-refractivity contribution >= 4 is 0 Å². The standard InChI is InChI=1S/C10H20N4O2/c15-13-5-1-9(2-6-13)11-12-10-3-7-14(16)8-4-10/h9-10,15-16H,1-8H2. The van der Waals surface area contributed by atoms with Crippen LogP contribution >= 0.6 is 0 Å². The van der Waals surface area contributed by atoms with Crippen molar-refractivity contribution < 1.29 is 10.4 Å². The summed E-state index contributed by atoms with van der Waals surface area (Å²) in [5, 5.41) is 29.8. The van der Waals surface area contributed by atoms with E-state index in [4.69, 9.17) is 0 Å². The van der Waals surface area contributed by atoms with E-state index in [1.165, 1.54) is 10.1 Å². The van der Waals surface area contributed by atoms with Crippen molar-refractivity contribution in [3.8, 4) is 0 Å². The fraction of sp³-hybridized carbons (Fsp3) is 1.00. The second-order valence-electron chi connectivity index (χ2n) is 4.60. The lowest BCUT2D eigenvalue weighted by Crippen LogP contribution is -2.33. The molecule has 0 spiro atoms. The molecule has 0 saturated carbocycles. The van der Waals surface area contributed by atoms with Gasteiger partial charge in [-0.2, -0.15) is 20.4 Å². The van der Waals surface area contributed by atoms with Gasteiger partial charge in [0.15, 0.2) is 0 Å². The van der Waals surface area contributed by atoms with E-state index >= 15 is 0 Å². The Morgan fingerprint density at radius 1 is 0.688 bits per heavy atom. The zero-order chi connectivity index (χ0) is 11.4. The van der Waals surface area contributed by atoms with Crippen LogP contribution in [0.4, 0.5) is 0 Å². The minimum atomic E-state index is 0.274. The topological polar surface area (TPSA) is 71.7 Å². The molecule has 0 atom stereocenters. The van der Waals surface area contributed by atoms with Crippen molar-refractivity contribution in [2.24, 2.45) is 10.2 Å². The van der Waals surface area contributed by atoms with Crippen LogP contribution in [-0.4, -0.2) is 58.8 Å². The van der Waals surface area contributed by atoms with Crippen LogP contribution in [0, 0.1) is 0 Å². The number of hydrogen-bond acceptors (Lipinski definition) is 6. The van der Waals surface area contributed by atoms with Gasteiger partial charge >= 0.3 is 0 Å². The maximum absolute atomic E-state index is 9.20. The molecule has 2 fully saturated rings. The van der Waals surface area contributed by atoms with Crippen LogP contribution < -0.4 is 0 Å². The van der Waals surface area contributed by atoms with E-state index in [2.05, 4.69) is 10.2 Å². The van der Waals surface area contributed by atoms with Crippen molar-refractivity contribution in [2.45, 2.75) is 37.8 Å². The lowest BCUT2D eigenvalue weighted by molar-refractivity contribution is -0.108. The van der Waals surface area contributed by atoms with Gasteiger partial charge in [0, 0.05) is 26.2 Å². The predicted molar refractivity (Wildman–Crippen MR) is 57.6 cm³/mol. The van der Waals surface area contributed by atoms with E-state index in [0.29, 0.717) is 26.2 Å². The molecule has 0 aliphatic carbocycles. The normalized spacial score (nSPS) is 27.9. The molecule has 0 bridgehead atoms. The molecule has 0 radical (unpaired) electrons. The molecule has 2 heterocycles. The summed E-state index contributed by atoms with van der Waals surface area (Å²) >= 11 is 0. The third kappa shape index (κ3) is 3.48. The Hall–Kier alpha value is -0.560. The maximum atomic E-state index is 9.20. The Morgan fingerprint density at radius 3 is 1.31 bits per heavy atom. The lowest BCUT2D eigenvalue weighted by Gasteiger charge is -2.26. The highest BCUT2D eigenvalue weighted by Crippen LogP contribution is 2.16. The highest BCUT2D eigenvalue weighted by Gasteiger charge is 2.20. The molecular formula is C10H20N4O2. The monoisotopic (exact) mass is 228 g/mol. The fourth-order valence-electron chi connectivity index (χ4n) is 2.12. The zero-order valence-corrected chi connectivity index (χ0v) is 9.49. The van der Waals surface area contributed by atoms with E-state index in [-0.39, 0.29) is 12.1 Å². The molecule has 16 heavy (non-hydrogen) atoms. The first-order valence-corrected chi connectivity index (χ1v) is 6.01. The molecule has 2 rings (SSSR count). The molecular weight excluding hydrogens is 208 g/mol. The van der Waals surface area contributed by atoms with Gasteiger partial charge in [-0.1, -0.05) is 0 Å². The second-order valence-corrected chi connectivity index (χ2v) is 4.60. The highest BCUT2D eigenvalue weighted by atomic mass is 16.5. The van der Waals surface area contributed by atoms with Gasteiger partial charge in [-0.3, -0.25) is 0 Å². The summed E-state index contributed by atoms with van der Waals surface area (Å²) in [7, 11) is 0. The molecule has 0 amide bonds. The minimum Gasteiger partial charge on any atom is -0.314 e. The van der Waals surface area contributed by atoms with E-state index < -0.39 is 0 Å². The molecule has 2 N–H and O–H groups in total. The quantitative estimate of drug-likeness (QED) is 0.695. The average Bonchev–Trinajstić information content (AvgIpc) is 2.30. The average molecular weight is 228 g/mol. The van der Waals surface area contributed by atoms with E-state index in [0.717, 1.165) is 25.7 Å². The van der Waals surface area contributed by atoms with Crippen molar-refractivity contribution in [1.82, 2.24) is 10.1 Å². The molecule has 6 nitrogen and oxygen atoms in total. The number of hydroxylamine groups is 4. The van der Waals surface area contributed by atoms with Gasteiger partial charge in [0.05, 0.1) is 12.1 Å². The largest absolute Gasteiger partial charge is 0.314 e. The maximum Gasteiger partial charge on any atom is 0.0734 e. The van der Waals surface area contributed by atoms with Crippen molar-refractivity contribution in [3.63, 3.8) is 0 Å². The zero-order valence-electron chi connectivity index (χ0n) is 9.49. The number of piperidine rings is 2. The number of azo groups is 1. The molecule has 2 aliphatic rings. The van der Waals surface area contributed by atoms with Crippen molar-refractivity contribution in [2.75, 3.05) is 26.2 Å². The van der Waals surface area contributed by atoms with Gasteiger partial charge in [-0.05, 0) is 25.7 Å². The second kappa shape index (κ2) is 5.67. The first kappa shape index (κ1) is 11.9. The van der Waals surface area contributed by atoms with Gasteiger partial charge in [0.25, 0.3) is 0 Å². The van der Waals surface area contributed by atoms with Gasteiger partial charge in [-0.25, -0.2) is 0 Å². The lowest BCUT2D eigenvalue weighted by atomic mass is 10.1.